The van der Waals surface area contributed by atoms with E-state index in [4.69, 9.17) is 9.84 Å². The molecule has 0 radical (unpaired) electrons. The van der Waals surface area contributed by atoms with Crippen molar-refractivity contribution in [1.82, 2.24) is 10.6 Å². The molecule has 0 aliphatic carbocycles. The lowest BCUT2D eigenvalue weighted by Crippen LogP contribution is -2.50. The first kappa shape index (κ1) is 12.9. The van der Waals surface area contributed by atoms with Crippen LogP contribution in [0.25, 0.3) is 0 Å². The molecule has 1 aliphatic heterocycles. The summed E-state index contributed by atoms with van der Waals surface area (Å²) in [5, 5.41) is 14.5. The Hall–Kier alpha value is -1.14. The Bertz CT molecular complexity index is 272. The summed E-state index contributed by atoms with van der Waals surface area (Å²) in [5.41, 5.74) is -0.961. The van der Waals surface area contributed by atoms with E-state index in [2.05, 4.69) is 10.6 Å². The number of hydrogen-bond acceptors (Lipinski definition) is 4. The molecule has 0 aromatic rings. The van der Waals surface area contributed by atoms with Crippen molar-refractivity contribution in [2.45, 2.75) is 20.0 Å². The van der Waals surface area contributed by atoms with Gasteiger partial charge >= 0.3 is 5.97 Å². The van der Waals surface area contributed by atoms with E-state index < -0.39 is 17.5 Å². The third kappa shape index (κ3) is 3.46. The van der Waals surface area contributed by atoms with Crippen molar-refractivity contribution >= 4 is 11.9 Å². The Balaban J connectivity index is 2.37. The zero-order valence-electron chi connectivity index (χ0n) is 9.58. The molecule has 92 valence electrons. The summed E-state index contributed by atoms with van der Waals surface area (Å²) in [5.74, 6) is -1.20. The number of morpholine rings is 1. The molecule has 1 rings (SSSR count). The molecule has 1 fully saturated rings. The van der Waals surface area contributed by atoms with Crippen LogP contribution in [0.5, 0.6) is 0 Å². The second-order valence-corrected chi connectivity index (χ2v) is 4.47. The molecule has 0 saturated carbocycles. The molecular formula is C10H18N2O4. The minimum absolute atomic E-state index is 0.0982. The molecular weight excluding hydrogens is 212 g/mol. The van der Waals surface area contributed by atoms with Crippen molar-refractivity contribution in [3.63, 3.8) is 0 Å². The lowest BCUT2D eigenvalue weighted by Gasteiger charge is -2.25. The zero-order valence-corrected chi connectivity index (χ0v) is 9.58. The van der Waals surface area contributed by atoms with Crippen LogP contribution in [-0.2, 0) is 14.3 Å². The predicted molar refractivity (Wildman–Crippen MR) is 57.0 cm³/mol. The lowest BCUT2D eigenvalue weighted by atomic mass is 9.94. The van der Waals surface area contributed by atoms with Crippen LogP contribution in [0, 0.1) is 5.41 Å². The molecule has 1 amide bonds. The van der Waals surface area contributed by atoms with Gasteiger partial charge < -0.3 is 20.5 Å². The topological polar surface area (TPSA) is 87.7 Å². The molecule has 0 bridgehead atoms. The first-order valence-electron chi connectivity index (χ1n) is 5.27. The molecule has 1 atom stereocenters. The summed E-state index contributed by atoms with van der Waals surface area (Å²) in [6.07, 6.45) is -0.515. The quantitative estimate of drug-likeness (QED) is 0.588. The second kappa shape index (κ2) is 5.27. The molecule has 6 nitrogen and oxygen atoms in total. The van der Waals surface area contributed by atoms with Crippen LogP contribution in [0.1, 0.15) is 13.8 Å². The number of ether oxygens (including phenoxy) is 1. The van der Waals surface area contributed by atoms with Crippen LogP contribution in [0.2, 0.25) is 0 Å². The molecule has 1 unspecified atom stereocenters. The smallest absolute Gasteiger partial charge is 0.310 e. The largest absolute Gasteiger partial charge is 0.481 e. The highest BCUT2D eigenvalue weighted by Crippen LogP contribution is 2.13. The van der Waals surface area contributed by atoms with Gasteiger partial charge in [-0.1, -0.05) is 0 Å². The van der Waals surface area contributed by atoms with Crippen LogP contribution >= 0.6 is 0 Å². The van der Waals surface area contributed by atoms with E-state index in [1.165, 1.54) is 0 Å². The average Bonchev–Trinajstić information content (AvgIpc) is 2.27. The van der Waals surface area contributed by atoms with Gasteiger partial charge in [0.25, 0.3) is 0 Å². The van der Waals surface area contributed by atoms with Crippen LogP contribution in [-0.4, -0.2) is 49.3 Å². The number of hydrogen-bond donors (Lipinski definition) is 3. The van der Waals surface area contributed by atoms with Crippen LogP contribution < -0.4 is 10.6 Å². The van der Waals surface area contributed by atoms with Gasteiger partial charge in [-0.15, -0.1) is 0 Å². The van der Waals surface area contributed by atoms with E-state index in [1.54, 1.807) is 13.8 Å². The van der Waals surface area contributed by atoms with Gasteiger partial charge in [0.05, 0.1) is 12.0 Å². The van der Waals surface area contributed by atoms with E-state index >= 15 is 0 Å². The minimum Gasteiger partial charge on any atom is -0.481 e. The minimum atomic E-state index is -0.961. The summed E-state index contributed by atoms with van der Waals surface area (Å²) in [4.78, 5) is 22.4. The predicted octanol–water partition coefficient (Wildman–Crippen LogP) is -0.798. The number of carboxylic acids is 1. The fraction of sp³-hybridized carbons (Fsp3) is 0.800. The normalized spacial score (nSPS) is 21.5. The van der Waals surface area contributed by atoms with Crippen molar-refractivity contribution in [3.8, 4) is 0 Å². The number of carbonyl (C=O) groups excluding carboxylic acids is 1. The van der Waals surface area contributed by atoms with Crippen LogP contribution in [0.3, 0.4) is 0 Å². The van der Waals surface area contributed by atoms with E-state index in [1.807, 2.05) is 0 Å². The van der Waals surface area contributed by atoms with Gasteiger partial charge in [-0.2, -0.15) is 0 Å². The Morgan fingerprint density at radius 1 is 1.56 bits per heavy atom. The van der Waals surface area contributed by atoms with E-state index in [0.717, 1.165) is 6.54 Å². The van der Waals surface area contributed by atoms with Crippen LogP contribution in [0.15, 0.2) is 0 Å². The van der Waals surface area contributed by atoms with Crippen LogP contribution in [0.4, 0.5) is 0 Å². The number of carboxylic acid groups (broad SMARTS) is 1. The maximum atomic E-state index is 11.6. The summed E-state index contributed by atoms with van der Waals surface area (Å²) in [7, 11) is 0. The summed E-state index contributed by atoms with van der Waals surface area (Å²) in [6.45, 7) is 4.94. The van der Waals surface area contributed by atoms with E-state index in [0.29, 0.717) is 13.2 Å². The van der Waals surface area contributed by atoms with E-state index in [-0.39, 0.29) is 12.5 Å². The highest BCUT2D eigenvalue weighted by atomic mass is 16.5. The number of aliphatic carboxylic acids is 1. The van der Waals surface area contributed by atoms with Gasteiger partial charge in [-0.3, -0.25) is 9.59 Å². The van der Waals surface area contributed by atoms with Crippen molar-refractivity contribution in [3.05, 3.63) is 0 Å². The molecule has 3 N–H and O–H groups in total. The Kier molecular flexibility index (Phi) is 4.26. The fourth-order valence-electron chi connectivity index (χ4n) is 1.23. The van der Waals surface area contributed by atoms with E-state index in [9.17, 15) is 9.59 Å². The molecule has 0 spiro atoms. The SMILES string of the molecule is CC(C)(CNC(=O)C1CNCCO1)C(=O)O. The van der Waals surface area contributed by atoms with Gasteiger partial charge in [-0.05, 0) is 13.8 Å². The summed E-state index contributed by atoms with van der Waals surface area (Å²) < 4.78 is 5.24. The standard InChI is InChI=1S/C10H18N2O4/c1-10(2,9(14)15)6-12-8(13)7-5-11-3-4-16-7/h7,11H,3-6H2,1-2H3,(H,12,13)(H,14,15). The maximum Gasteiger partial charge on any atom is 0.310 e. The molecule has 1 saturated heterocycles. The fourth-order valence-corrected chi connectivity index (χ4v) is 1.23. The summed E-state index contributed by atoms with van der Waals surface area (Å²) >= 11 is 0. The molecule has 16 heavy (non-hydrogen) atoms. The number of rotatable bonds is 4. The maximum absolute atomic E-state index is 11.6. The summed E-state index contributed by atoms with van der Waals surface area (Å²) in [6, 6.07) is 0. The molecule has 6 heteroatoms. The molecule has 1 aliphatic rings. The van der Waals surface area contributed by atoms with Gasteiger partial charge in [0.15, 0.2) is 0 Å². The highest BCUT2D eigenvalue weighted by Gasteiger charge is 2.29. The van der Waals surface area contributed by atoms with Gasteiger partial charge in [-0.25, -0.2) is 0 Å². The molecule has 1 heterocycles. The number of nitrogens with one attached hydrogen (secondary N) is 2. The van der Waals surface area contributed by atoms with Crippen molar-refractivity contribution in [2.24, 2.45) is 5.41 Å². The third-order valence-corrected chi connectivity index (χ3v) is 2.50. The van der Waals surface area contributed by atoms with Gasteiger partial charge in [0.2, 0.25) is 5.91 Å². The lowest BCUT2D eigenvalue weighted by molar-refractivity contribution is -0.147. The van der Waals surface area contributed by atoms with Gasteiger partial charge in [0.1, 0.15) is 6.10 Å². The van der Waals surface area contributed by atoms with Gasteiger partial charge in [0, 0.05) is 19.6 Å². The monoisotopic (exact) mass is 230 g/mol. The zero-order chi connectivity index (χ0) is 12.2. The first-order chi connectivity index (χ1) is 7.43. The average molecular weight is 230 g/mol. The Morgan fingerprint density at radius 3 is 2.75 bits per heavy atom. The van der Waals surface area contributed by atoms with Crippen molar-refractivity contribution in [1.29, 1.82) is 0 Å². The Labute approximate surface area is 94.3 Å². The van der Waals surface area contributed by atoms with Crippen molar-refractivity contribution in [2.75, 3.05) is 26.2 Å². The third-order valence-electron chi connectivity index (χ3n) is 2.50. The Morgan fingerprint density at radius 2 is 2.25 bits per heavy atom. The van der Waals surface area contributed by atoms with Crippen molar-refractivity contribution < 1.29 is 19.4 Å². The first-order valence-corrected chi connectivity index (χ1v) is 5.27. The molecule has 0 aromatic heterocycles. The second-order valence-electron chi connectivity index (χ2n) is 4.47. The number of amides is 1. The molecule has 0 aromatic carbocycles. The highest BCUT2D eigenvalue weighted by molar-refractivity contribution is 5.82. The number of carbonyl (C=O) groups is 2.